The SMILES string of the molecule is CC(C)(CCC(=O)O)NC(=O)c1ccc(CC2CC(=O)NC2=O)cc1. The minimum Gasteiger partial charge on any atom is -0.481 e. The third-order valence-corrected chi connectivity index (χ3v) is 4.18. The summed E-state index contributed by atoms with van der Waals surface area (Å²) in [5.74, 6) is -2.06. The fraction of sp³-hybridized carbons (Fsp3) is 0.444. The van der Waals surface area contributed by atoms with Crippen molar-refractivity contribution in [2.24, 2.45) is 5.92 Å². The molecule has 2 rings (SSSR count). The summed E-state index contributed by atoms with van der Waals surface area (Å²) in [6, 6.07) is 6.84. The van der Waals surface area contributed by atoms with E-state index in [9.17, 15) is 19.2 Å². The van der Waals surface area contributed by atoms with E-state index in [0.29, 0.717) is 18.4 Å². The number of carbonyl (C=O) groups is 4. The number of imide groups is 1. The van der Waals surface area contributed by atoms with Crippen LogP contribution in [0, 0.1) is 5.92 Å². The van der Waals surface area contributed by atoms with Gasteiger partial charge in [0, 0.05) is 23.9 Å². The highest BCUT2D eigenvalue weighted by atomic mass is 16.4. The predicted octanol–water partition coefficient (Wildman–Crippen LogP) is 1.26. The molecule has 3 N–H and O–H groups in total. The van der Waals surface area contributed by atoms with Crippen LogP contribution in [0.2, 0.25) is 0 Å². The van der Waals surface area contributed by atoms with Crippen molar-refractivity contribution < 1.29 is 24.3 Å². The first-order valence-electron chi connectivity index (χ1n) is 8.13. The van der Waals surface area contributed by atoms with E-state index in [2.05, 4.69) is 10.6 Å². The second-order valence-electron chi connectivity index (χ2n) is 6.95. The van der Waals surface area contributed by atoms with E-state index in [4.69, 9.17) is 5.11 Å². The summed E-state index contributed by atoms with van der Waals surface area (Å²) in [7, 11) is 0. The van der Waals surface area contributed by atoms with Gasteiger partial charge in [-0.2, -0.15) is 0 Å². The Kier molecular flexibility index (Phi) is 5.56. The van der Waals surface area contributed by atoms with E-state index in [1.165, 1.54) is 0 Å². The highest BCUT2D eigenvalue weighted by Gasteiger charge is 2.30. The first-order chi connectivity index (χ1) is 11.7. The van der Waals surface area contributed by atoms with Gasteiger partial charge < -0.3 is 10.4 Å². The van der Waals surface area contributed by atoms with Crippen LogP contribution >= 0.6 is 0 Å². The lowest BCUT2D eigenvalue weighted by molar-refractivity contribution is -0.137. The van der Waals surface area contributed by atoms with E-state index in [-0.39, 0.29) is 36.5 Å². The highest BCUT2D eigenvalue weighted by molar-refractivity contribution is 6.03. The molecule has 0 bridgehead atoms. The van der Waals surface area contributed by atoms with Gasteiger partial charge in [0.2, 0.25) is 11.8 Å². The lowest BCUT2D eigenvalue weighted by Gasteiger charge is -2.25. The highest BCUT2D eigenvalue weighted by Crippen LogP contribution is 2.18. The summed E-state index contributed by atoms with van der Waals surface area (Å²) in [4.78, 5) is 45.7. The standard InChI is InChI=1S/C18H22N2O5/c1-18(2,8-7-15(22)23)20-17(25)12-5-3-11(4-6-12)9-13-10-14(21)19-16(13)24/h3-6,13H,7-10H2,1-2H3,(H,20,25)(H,22,23)(H,19,21,24). The minimum atomic E-state index is -0.902. The van der Waals surface area contributed by atoms with Crippen molar-refractivity contribution in [2.75, 3.05) is 0 Å². The number of hydrogen-bond donors (Lipinski definition) is 3. The molecule has 3 amide bonds. The van der Waals surface area contributed by atoms with E-state index in [1.54, 1.807) is 38.1 Å². The molecule has 0 spiro atoms. The second kappa shape index (κ2) is 7.46. The van der Waals surface area contributed by atoms with Crippen LogP contribution < -0.4 is 10.6 Å². The molecule has 0 aromatic heterocycles. The monoisotopic (exact) mass is 346 g/mol. The van der Waals surface area contributed by atoms with Crippen molar-refractivity contribution >= 4 is 23.7 Å². The first-order valence-corrected chi connectivity index (χ1v) is 8.13. The Morgan fingerprint density at radius 2 is 1.88 bits per heavy atom. The first kappa shape index (κ1) is 18.6. The maximum atomic E-state index is 12.3. The summed E-state index contributed by atoms with van der Waals surface area (Å²) in [6.45, 7) is 3.55. The smallest absolute Gasteiger partial charge is 0.303 e. The topological polar surface area (TPSA) is 113 Å². The summed E-state index contributed by atoms with van der Waals surface area (Å²) in [6.07, 6.45) is 0.952. The molecule has 1 aromatic rings. The summed E-state index contributed by atoms with van der Waals surface area (Å²) < 4.78 is 0. The Hall–Kier alpha value is -2.70. The number of carboxylic acids is 1. The molecule has 1 saturated heterocycles. The van der Waals surface area contributed by atoms with Crippen LogP contribution in [0.15, 0.2) is 24.3 Å². The predicted molar refractivity (Wildman–Crippen MR) is 89.8 cm³/mol. The molecule has 1 unspecified atom stereocenters. The quantitative estimate of drug-likeness (QED) is 0.644. The summed E-state index contributed by atoms with van der Waals surface area (Å²) >= 11 is 0. The number of carboxylic acid groups (broad SMARTS) is 1. The summed E-state index contributed by atoms with van der Waals surface area (Å²) in [5.41, 5.74) is 0.701. The van der Waals surface area contributed by atoms with Crippen molar-refractivity contribution in [3.63, 3.8) is 0 Å². The molecule has 1 aliphatic heterocycles. The van der Waals surface area contributed by atoms with Gasteiger partial charge in [0.05, 0.1) is 5.92 Å². The Morgan fingerprint density at radius 1 is 1.24 bits per heavy atom. The zero-order valence-electron chi connectivity index (χ0n) is 14.3. The van der Waals surface area contributed by atoms with Gasteiger partial charge in [-0.05, 0) is 44.4 Å². The molecule has 0 aliphatic carbocycles. The van der Waals surface area contributed by atoms with Crippen LogP contribution in [0.5, 0.6) is 0 Å². The lowest BCUT2D eigenvalue weighted by Crippen LogP contribution is -2.43. The Bertz CT molecular complexity index is 694. The average Bonchev–Trinajstić information content (AvgIpc) is 2.83. The van der Waals surface area contributed by atoms with Crippen LogP contribution in [0.1, 0.15) is 49.0 Å². The third kappa shape index (κ3) is 5.41. The maximum absolute atomic E-state index is 12.3. The lowest BCUT2D eigenvalue weighted by atomic mass is 9.96. The number of nitrogens with one attached hydrogen (secondary N) is 2. The third-order valence-electron chi connectivity index (χ3n) is 4.18. The van der Waals surface area contributed by atoms with Crippen LogP contribution in [0.25, 0.3) is 0 Å². The van der Waals surface area contributed by atoms with Gasteiger partial charge in [-0.15, -0.1) is 0 Å². The van der Waals surface area contributed by atoms with Gasteiger partial charge in [-0.3, -0.25) is 24.5 Å². The zero-order valence-corrected chi connectivity index (χ0v) is 14.3. The molecule has 1 fully saturated rings. The molecule has 1 aliphatic rings. The number of carbonyl (C=O) groups excluding carboxylic acids is 3. The van der Waals surface area contributed by atoms with Crippen LogP contribution in [-0.2, 0) is 20.8 Å². The van der Waals surface area contributed by atoms with Gasteiger partial charge in [0.25, 0.3) is 5.91 Å². The minimum absolute atomic E-state index is 0.0195. The van der Waals surface area contributed by atoms with E-state index in [0.717, 1.165) is 5.56 Å². The molecule has 7 heteroatoms. The van der Waals surface area contributed by atoms with Gasteiger partial charge in [0.1, 0.15) is 0 Å². The normalized spacial score (nSPS) is 17.3. The fourth-order valence-corrected chi connectivity index (χ4v) is 2.71. The number of amides is 3. The molecule has 25 heavy (non-hydrogen) atoms. The number of hydrogen-bond acceptors (Lipinski definition) is 4. The fourth-order valence-electron chi connectivity index (χ4n) is 2.71. The maximum Gasteiger partial charge on any atom is 0.303 e. The van der Waals surface area contributed by atoms with Crippen molar-refractivity contribution in [2.45, 2.75) is 45.1 Å². The molecule has 0 saturated carbocycles. The van der Waals surface area contributed by atoms with Crippen molar-refractivity contribution in [1.29, 1.82) is 0 Å². The molecule has 7 nitrogen and oxygen atoms in total. The molecule has 1 aromatic carbocycles. The Labute approximate surface area is 145 Å². The van der Waals surface area contributed by atoms with E-state index >= 15 is 0 Å². The van der Waals surface area contributed by atoms with Gasteiger partial charge in [-0.25, -0.2) is 0 Å². The largest absolute Gasteiger partial charge is 0.481 e. The molecular weight excluding hydrogens is 324 g/mol. The van der Waals surface area contributed by atoms with Gasteiger partial charge in [-0.1, -0.05) is 12.1 Å². The van der Waals surface area contributed by atoms with Crippen molar-refractivity contribution in [1.82, 2.24) is 10.6 Å². The van der Waals surface area contributed by atoms with E-state index < -0.39 is 11.5 Å². The van der Waals surface area contributed by atoms with Crippen LogP contribution in [-0.4, -0.2) is 34.3 Å². The van der Waals surface area contributed by atoms with Crippen LogP contribution in [0.3, 0.4) is 0 Å². The Morgan fingerprint density at radius 3 is 2.40 bits per heavy atom. The van der Waals surface area contributed by atoms with Gasteiger partial charge in [0.15, 0.2) is 0 Å². The number of rotatable bonds is 7. The molecule has 1 atom stereocenters. The number of aliphatic carboxylic acids is 1. The average molecular weight is 346 g/mol. The molecule has 134 valence electrons. The molecule has 1 heterocycles. The van der Waals surface area contributed by atoms with E-state index in [1.807, 2.05) is 0 Å². The van der Waals surface area contributed by atoms with Gasteiger partial charge >= 0.3 is 5.97 Å². The van der Waals surface area contributed by atoms with Crippen molar-refractivity contribution in [3.05, 3.63) is 35.4 Å². The Balaban J connectivity index is 1.94. The molecule has 0 radical (unpaired) electrons. The summed E-state index contributed by atoms with van der Waals surface area (Å²) in [5, 5.41) is 13.8. The zero-order chi connectivity index (χ0) is 18.6. The second-order valence-corrected chi connectivity index (χ2v) is 6.95. The van der Waals surface area contributed by atoms with Crippen LogP contribution in [0.4, 0.5) is 0 Å². The molecular formula is C18H22N2O5. The van der Waals surface area contributed by atoms with Crippen molar-refractivity contribution in [3.8, 4) is 0 Å². The number of benzene rings is 1.